The molecular formula is C27H25ClN2O3. The highest BCUT2D eigenvalue weighted by Gasteiger charge is 2.67. The fraction of sp³-hybridized carbons (Fsp3) is 0.370. The molecule has 3 fully saturated rings. The molecule has 0 aromatic heterocycles. The van der Waals surface area contributed by atoms with Crippen LogP contribution >= 0.6 is 11.6 Å². The minimum atomic E-state index is -0.910. The van der Waals surface area contributed by atoms with Crippen molar-refractivity contribution in [2.45, 2.75) is 25.8 Å². The van der Waals surface area contributed by atoms with Gasteiger partial charge in [0.1, 0.15) is 6.04 Å². The zero-order valence-electron chi connectivity index (χ0n) is 18.3. The Hall–Kier alpha value is -2.92. The van der Waals surface area contributed by atoms with E-state index >= 15 is 0 Å². The number of amides is 3. The third kappa shape index (κ3) is 3.24. The van der Waals surface area contributed by atoms with Crippen LogP contribution in [0.25, 0.3) is 0 Å². The highest BCUT2D eigenvalue weighted by molar-refractivity contribution is 6.31. The van der Waals surface area contributed by atoms with Crippen LogP contribution in [-0.2, 0) is 20.8 Å². The van der Waals surface area contributed by atoms with Crippen molar-refractivity contribution in [3.8, 4) is 0 Å². The Balaban J connectivity index is 1.34. The van der Waals surface area contributed by atoms with Crippen molar-refractivity contribution in [3.63, 3.8) is 0 Å². The summed E-state index contributed by atoms with van der Waals surface area (Å²) in [6, 6.07) is 13.9. The number of imide groups is 1. The molecule has 1 saturated heterocycles. The summed E-state index contributed by atoms with van der Waals surface area (Å²) in [7, 11) is 0. The van der Waals surface area contributed by atoms with E-state index in [-0.39, 0.29) is 47.8 Å². The summed E-state index contributed by atoms with van der Waals surface area (Å²) in [5.74, 6) is -0.0891. The summed E-state index contributed by atoms with van der Waals surface area (Å²) < 4.78 is 0. The van der Waals surface area contributed by atoms with Crippen LogP contribution in [0.4, 0.5) is 5.69 Å². The summed E-state index contributed by atoms with van der Waals surface area (Å²) in [5.41, 5.74) is 2.35. The van der Waals surface area contributed by atoms with Gasteiger partial charge in [0.05, 0.1) is 11.8 Å². The van der Waals surface area contributed by atoms with Gasteiger partial charge in [0, 0.05) is 17.1 Å². The Morgan fingerprint density at radius 3 is 2.30 bits per heavy atom. The molecule has 1 heterocycles. The molecule has 7 rings (SSSR count). The van der Waals surface area contributed by atoms with Gasteiger partial charge in [-0.2, -0.15) is 0 Å². The summed E-state index contributed by atoms with van der Waals surface area (Å²) >= 11 is 6.15. The Kier molecular flexibility index (Phi) is 4.73. The predicted octanol–water partition coefficient (Wildman–Crippen LogP) is 4.25. The van der Waals surface area contributed by atoms with Gasteiger partial charge in [-0.25, -0.2) is 0 Å². The number of halogens is 1. The number of carbonyl (C=O) groups excluding carboxylic acids is 3. The Labute approximate surface area is 197 Å². The van der Waals surface area contributed by atoms with Crippen LogP contribution in [-0.4, -0.2) is 28.7 Å². The quantitative estimate of drug-likeness (QED) is 0.535. The lowest BCUT2D eigenvalue weighted by Crippen LogP contribution is -2.49. The van der Waals surface area contributed by atoms with E-state index in [1.807, 2.05) is 43.3 Å². The molecule has 1 N–H and O–H groups in total. The normalized spacial score (nSPS) is 31.9. The lowest BCUT2D eigenvalue weighted by Gasteiger charge is -2.37. The topological polar surface area (TPSA) is 66.5 Å². The van der Waals surface area contributed by atoms with Gasteiger partial charge in [0.25, 0.3) is 0 Å². The highest BCUT2D eigenvalue weighted by Crippen LogP contribution is 2.65. The number of anilines is 1. The molecule has 5 aliphatic rings. The molecular weight excluding hydrogens is 436 g/mol. The molecule has 33 heavy (non-hydrogen) atoms. The summed E-state index contributed by atoms with van der Waals surface area (Å²) in [6.07, 6.45) is 5.68. The van der Waals surface area contributed by atoms with Crippen molar-refractivity contribution >= 4 is 35.0 Å². The van der Waals surface area contributed by atoms with Crippen LogP contribution in [0, 0.1) is 42.4 Å². The smallest absolute Gasteiger partial charge is 0.248 e. The van der Waals surface area contributed by atoms with Crippen LogP contribution in [0.2, 0.25) is 5.02 Å². The van der Waals surface area contributed by atoms with Gasteiger partial charge in [-0.05, 0) is 60.3 Å². The lowest BCUT2D eigenvalue weighted by atomic mass is 9.63. The van der Waals surface area contributed by atoms with Gasteiger partial charge in [-0.3, -0.25) is 19.3 Å². The van der Waals surface area contributed by atoms with Crippen molar-refractivity contribution in [3.05, 3.63) is 76.8 Å². The first-order valence-corrected chi connectivity index (χ1v) is 12.0. The Morgan fingerprint density at radius 2 is 1.67 bits per heavy atom. The molecule has 4 aliphatic carbocycles. The second-order valence-electron chi connectivity index (χ2n) is 9.86. The van der Waals surface area contributed by atoms with E-state index < -0.39 is 6.04 Å². The average molecular weight is 461 g/mol. The lowest BCUT2D eigenvalue weighted by molar-refractivity contribution is -0.146. The first-order valence-electron chi connectivity index (χ1n) is 11.6. The molecule has 5 nitrogen and oxygen atoms in total. The highest BCUT2D eigenvalue weighted by atomic mass is 35.5. The first-order chi connectivity index (χ1) is 15.9. The maximum atomic E-state index is 13.7. The molecule has 0 unspecified atom stereocenters. The van der Waals surface area contributed by atoms with Gasteiger partial charge in [0.15, 0.2) is 0 Å². The number of rotatable bonds is 5. The Morgan fingerprint density at radius 1 is 1.03 bits per heavy atom. The van der Waals surface area contributed by atoms with E-state index in [1.54, 1.807) is 12.1 Å². The third-order valence-corrected chi connectivity index (χ3v) is 8.28. The van der Waals surface area contributed by atoms with Gasteiger partial charge in [-0.1, -0.05) is 60.2 Å². The summed E-state index contributed by atoms with van der Waals surface area (Å²) in [5, 5.41) is 3.45. The Bertz CT molecular complexity index is 1160. The van der Waals surface area contributed by atoms with Gasteiger partial charge >= 0.3 is 0 Å². The van der Waals surface area contributed by atoms with Crippen LogP contribution < -0.4 is 5.32 Å². The number of hydrogen-bond donors (Lipinski definition) is 1. The largest absolute Gasteiger partial charge is 0.324 e. The SMILES string of the molecule is Cc1ccc(Cl)cc1NC(=O)[C@H](Cc1ccccc1)N1C(=O)[C@@H]2[C@H]3C=C[C@@H]([C@@H]4C[C@H]34)[C@H]2C1=O. The minimum Gasteiger partial charge on any atom is -0.324 e. The molecule has 7 atom stereocenters. The first kappa shape index (κ1) is 20.7. The van der Waals surface area contributed by atoms with Gasteiger partial charge in [-0.15, -0.1) is 0 Å². The minimum absolute atomic E-state index is 0.127. The van der Waals surface area contributed by atoms with Crippen LogP contribution in [0.5, 0.6) is 0 Å². The van der Waals surface area contributed by atoms with Crippen LogP contribution in [0.1, 0.15) is 17.5 Å². The van der Waals surface area contributed by atoms with Crippen molar-refractivity contribution < 1.29 is 14.4 Å². The fourth-order valence-corrected chi connectivity index (χ4v) is 6.54. The number of nitrogens with zero attached hydrogens (tertiary/aromatic N) is 1. The number of allylic oxidation sites excluding steroid dienone is 2. The summed E-state index contributed by atoms with van der Waals surface area (Å²) in [6.45, 7) is 1.88. The fourth-order valence-electron chi connectivity index (χ4n) is 6.37. The summed E-state index contributed by atoms with van der Waals surface area (Å²) in [4.78, 5) is 42.3. The molecule has 2 aromatic carbocycles. The van der Waals surface area contributed by atoms with E-state index in [2.05, 4.69) is 17.5 Å². The van der Waals surface area contributed by atoms with Crippen molar-refractivity contribution in [1.82, 2.24) is 4.90 Å². The maximum absolute atomic E-state index is 13.7. The molecule has 6 heteroatoms. The van der Waals surface area contributed by atoms with Crippen molar-refractivity contribution in [2.24, 2.45) is 35.5 Å². The van der Waals surface area contributed by atoms with E-state index in [0.717, 1.165) is 17.5 Å². The maximum Gasteiger partial charge on any atom is 0.248 e. The molecule has 0 radical (unpaired) electrons. The number of aryl methyl sites for hydroxylation is 1. The number of hydrogen-bond acceptors (Lipinski definition) is 3. The molecule has 1 aliphatic heterocycles. The average Bonchev–Trinajstić information content (AvgIpc) is 3.59. The number of nitrogens with one attached hydrogen (secondary N) is 1. The molecule has 168 valence electrons. The third-order valence-electron chi connectivity index (χ3n) is 8.04. The standard InChI is InChI=1S/C27H25ClN2O3/c1-14-7-8-16(28)12-21(14)29-25(31)22(11-15-5-3-2-4-6-15)30-26(32)23-17-9-10-18(20-13-19(17)20)24(23)27(30)33/h2-10,12,17-20,22-24H,11,13H2,1H3,(H,29,31)/t17-,18-,19-,20+,22-,23+,24+/m0/s1. The number of benzene rings is 2. The van der Waals surface area contributed by atoms with Gasteiger partial charge in [0.2, 0.25) is 17.7 Å². The van der Waals surface area contributed by atoms with E-state index in [4.69, 9.17) is 11.6 Å². The van der Waals surface area contributed by atoms with Crippen LogP contribution in [0.3, 0.4) is 0 Å². The second-order valence-corrected chi connectivity index (χ2v) is 10.3. The second kappa shape index (κ2) is 7.56. The van der Waals surface area contributed by atoms with Crippen LogP contribution in [0.15, 0.2) is 60.7 Å². The molecule has 2 bridgehead atoms. The molecule has 0 spiro atoms. The van der Waals surface area contributed by atoms with Gasteiger partial charge < -0.3 is 5.32 Å². The molecule has 3 amide bonds. The van der Waals surface area contributed by atoms with E-state index in [9.17, 15) is 14.4 Å². The number of carbonyl (C=O) groups is 3. The predicted molar refractivity (Wildman–Crippen MR) is 125 cm³/mol. The molecule has 2 saturated carbocycles. The monoisotopic (exact) mass is 460 g/mol. The zero-order chi connectivity index (χ0) is 22.9. The molecule has 2 aromatic rings. The number of likely N-dealkylation sites (tertiary alicyclic amines) is 1. The zero-order valence-corrected chi connectivity index (χ0v) is 19.0. The van der Waals surface area contributed by atoms with Crippen molar-refractivity contribution in [2.75, 3.05) is 5.32 Å². The van der Waals surface area contributed by atoms with E-state index in [1.165, 1.54) is 4.90 Å². The van der Waals surface area contributed by atoms with Crippen molar-refractivity contribution in [1.29, 1.82) is 0 Å². The van der Waals surface area contributed by atoms with E-state index in [0.29, 0.717) is 22.5 Å².